The lowest BCUT2D eigenvalue weighted by molar-refractivity contribution is -0.116. The molecule has 0 aliphatic rings. The van der Waals surface area contributed by atoms with E-state index in [2.05, 4.69) is 10.2 Å². The average molecular weight is 363 g/mol. The van der Waals surface area contributed by atoms with Gasteiger partial charge in [-0.1, -0.05) is 29.8 Å². The standard InChI is InChI=1S/C19H23ClN2O3/c1-22(13-14-6-4-9-17(24-2)19(14)25-3)11-10-18(23)21-16-8-5-7-15(20)12-16/h4-9,12H,10-11,13H2,1-3H3,(H,21,23). The van der Waals surface area contributed by atoms with Gasteiger partial charge in [-0.05, 0) is 31.3 Å². The van der Waals surface area contributed by atoms with Gasteiger partial charge in [-0.15, -0.1) is 0 Å². The largest absolute Gasteiger partial charge is 0.493 e. The summed E-state index contributed by atoms with van der Waals surface area (Å²) in [7, 11) is 5.21. The number of anilines is 1. The van der Waals surface area contributed by atoms with Gasteiger partial charge in [0, 0.05) is 35.8 Å². The Labute approximate surface area is 153 Å². The van der Waals surface area contributed by atoms with Crippen molar-refractivity contribution in [3.8, 4) is 11.5 Å². The summed E-state index contributed by atoms with van der Waals surface area (Å²) in [4.78, 5) is 14.1. The number of benzene rings is 2. The number of carbonyl (C=O) groups is 1. The van der Waals surface area contributed by atoms with E-state index >= 15 is 0 Å². The third kappa shape index (κ3) is 5.66. The monoisotopic (exact) mass is 362 g/mol. The Morgan fingerprint density at radius 2 is 1.92 bits per heavy atom. The van der Waals surface area contributed by atoms with Crippen molar-refractivity contribution in [2.45, 2.75) is 13.0 Å². The van der Waals surface area contributed by atoms with Crippen LogP contribution in [0.25, 0.3) is 0 Å². The Balaban J connectivity index is 1.88. The van der Waals surface area contributed by atoms with Crippen LogP contribution >= 0.6 is 11.6 Å². The first kappa shape index (κ1) is 19.1. The number of amides is 1. The zero-order valence-electron chi connectivity index (χ0n) is 14.7. The highest BCUT2D eigenvalue weighted by Gasteiger charge is 2.12. The van der Waals surface area contributed by atoms with Gasteiger partial charge in [-0.3, -0.25) is 4.79 Å². The molecule has 25 heavy (non-hydrogen) atoms. The molecule has 0 bridgehead atoms. The van der Waals surface area contributed by atoms with Gasteiger partial charge in [0.2, 0.25) is 5.91 Å². The highest BCUT2D eigenvalue weighted by Crippen LogP contribution is 2.31. The highest BCUT2D eigenvalue weighted by atomic mass is 35.5. The van der Waals surface area contributed by atoms with Crippen LogP contribution in [0.5, 0.6) is 11.5 Å². The molecule has 2 aromatic carbocycles. The molecule has 0 heterocycles. The van der Waals surface area contributed by atoms with Crippen LogP contribution in [-0.4, -0.2) is 38.6 Å². The van der Waals surface area contributed by atoms with Crippen LogP contribution in [0.15, 0.2) is 42.5 Å². The number of hydrogen-bond donors (Lipinski definition) is 1. The number of hydrogen-bond acceptors (Lipinski definition) is 4. The zero-order chi connectivity index (χ0) is 18.2. The maximum Gasteiger partial charge on any atom is 0.225 e. The molecular formula is C19H23ClN2O3. The minimum atomic E-state index is -0.0493. The first-order chi connectivity index (χ1) is 12.0. The summed E-state index contributed by atoms with van der Waals surface area (Å²) in [5, 5.41) is 3.45. The lowest BCUT2D eigenvalue weighted by Gasteiger charge is -2.19. The molecular weight excluding hydrogens is 340 g/mol. The van der Waals surface area contributed by atoms with Crippen molar-refractivity contribution >= 4 is 23.2 Å². The number of rotatable bonds is 8. The van der Waals surface area contributed by atoms with Crippen LogP contribution < -0.4 is 14.8 Å². The van der Waals surface area contributed by atoms with Crippen molar-refractivity contribution in [1.29, 1.82) is 0 Å². The van der Waals surface area contributed by atoms with Gasteiger partial charge >= 0.3 is 0 Å². The molecule has 0 radical (unpaired) electrons. The van der Waals surface area contributed by atoms with E-state index in [1.807, 2.05) is 31.3 Å². The molecule has 0 aliphatic carbocycles. The topological polar surface area (TPSA) is 50.8 Å². The van der Waals surface area contributed by atoms with Crippen LogP contribution in [0.4, 0.5) is 5.69 Å². The van der Waals surface area contributed by atoms with Gasteiger partial charge in [0.05, 0.1) is 14.2 Å². The quantitative estimate of drug-likeness (QED) is 0.775. The van der Waals surface area contributed by atoms with E-state index in [0.717, 1.165) is 11.3 Å². The average Bonchev–Trinajstić information content (AvgIpc) is 2.59. The van der Waals surface area contributed by atoms with E-state index < -0.39 is 0 Å². The van der Waals surface area contributed by atoms with Crippen molar-refractivity contribution in [2.75, 3.05) is 33.1 Å². The molecule has 5 nitrogen and oxygen atoms in total. The van der Waals surface area contributed by atoms with Crippen LogP contribution in [-0.2, 0) is 11.3 Å². The van der Waals surface area contributed by atoms with Crippen molar-refractivity contribution in [2.24, 2.45) is 0 Å². The van der Waals surface area contributed by atoms with E-state index in [-0.39, 0.29) is 5.91 Å². The van der Waals surface area contributed by atoms with Gasteiger partial charge in [0.1, 0.15) is 0 Å². The molecule has 2 aromatic rings. The molecule has 0 unspecified atom stereocenters. The fraction of sp³-hybridized carbons (Fsp3) is 0.316. The molecule has 0 spiro atoms. The Kier molecular flexibility index (Phi) is 7.10. The molecule has 0 aliphatic heterocycles. The molecule has 134 valence electrons. The normalized spacial score (nSPS) is 10.6. The SMILES string of the molecule is COc1cccc(CN(C)CCC(=O)Nc2cccc(Cl)c2)c1OC. The smallest absolute Gasteiger partial charge is 0.225 e. The van der Waals surface area contributed by atoms with Gasteiger partial charge in [-0.2, -0.15) is 0 Å². The molecule has 0 aromatic heterocycles. The van der Waals surface area contributed by atoms with E-state index in [1.54, 1.807) is 32.4 Å². The van der Waals surface area contributed by atoms with Gasteiger partial charge < -0.3 is 19.7 Å². The fourth-order valence-electron chi connectivity index (χ4n) is 2.53. The Hall–Kier alpha value is -2.24. The number of para-hydroxylation sites is 1. The summed E-state index contributed by atoms with van der Waals surface area (Å²) in [5.41, 5.74) is 1.72. The molecule has 6 heteroatoms. The molecule has 1 N–H and O–H groups in total. The van der Waals surface area contributed by atoms with Gasteiger partial charge in [0.25, 0.3) is 0 Å². The summed E-state index contributed by atoms with van der Waals surface area (Å²) >= 11 is 5.92. The van der Waals surface area contributed by atoms with Gasteiger partial charge in [-0.25, -0.2) is 0 Å². The van der Waals surface area contributed by atoms with E-state index in [4.69, 9.17) is 21.1 Å². The second-order valence-corrected chi connectivity index (χ2v) is 6.14. The van der Waals surface area contributed by atoms with Crippen molar-refractivity contribution in [3.63, 3.8) is 0 Å². The third-order valence-electron chi connectivity index (χ3n) is 3.75. The highest BCUT2D eigenvalue weighted by molar-refractivity contribution is 6.30. The number of halogens is 1. The molecule has 1 amide bonds. The van der Waals surface area contributed by atoms with E-state index in [1.165, 1.54) is 0 Å². The van der Waals surface area contributed by atoms with Crippen LogP contribution in [0.3, 0.4) is 0 Å². The molecule has 0 atom stereocenters. The fourth-order valence-corrected chi connectivity index (χ4v) is 2.72. The van der Waals surface area contributed by atoms with Crippen LogP contribution in [0.1, 0.15) is 12.0 Å². The minimum absolute atomic E-state index is 0.0493. The predicted octanol–water partition coefficient (Wildman–Crippen LogP) is 3.82. The molecule has 2 rings (SSSR count). The third-order valence-corrected chi connectivity index (χ3v) is 3.99. The molecule has 0 saturated heterocycles. The summed E-state index contributed by atoms with van der Waals surface area (Å²) in [6, 6.07) is 12.9. The maximum atomic E-state index is 12.1. The van der Waals surface area contributed by atoms with Crippen molar-refractivity contribution in [3.05, 3.63) is 53.1 Å². The summed E-state index contributed by atoms with van der Waals surface area (Å²) < 4.78 is 10.8. The number of nitrogens with one attached hydrogen (secondary N) is 1. The molecule has 0 saturated carbocycles. The van der Waals surface area contributed by atoms with Crippen molar-refractivity contribution < 1.29 is 14.3 Å². The second kappa shape index (κ2) is 9.30. The number of nitrogens with zero attached hydrogens (tertiary/aromatic N) is 1. The summed E-state index contributed by atoms with van der Waals surface area (Å²) in [5.74, 6) is 1.37. The number of ether oxygens (including phenoxy) is 2. The van der Waals surface area contributed by atoms with E-state index in [0.29, 0.717) is 36.0 Å². The Morgan fingerprint density at radius 1 is 1.16 bits per heavy atom. The zero-order valence-corrected chi connectivity index (χ0v) is 15.5. The summed E-state index contributed by atoms with van der Waals surface area (Å²) in [6.07, 6.45) is 0.384. The Bertz CT molecular complexity index is 722. The van der Waals surface area contributed by atoms with Crippen molar-refractivity contribution in [1.82, 2.24) is 4.90 Å². The maximum absolute atomic E-state index is 12.1. The van der Waals surface area contributed by atoms with Gasteiger partial charge in [0.15, 0.2) is 11.5 Å². The Morgan fingerprint density at radius 3 is 2.60 bits per heavy atom. The number of carbonyl (C=O) groups excluding carboxylic acids is 1. The first-order valence-corrected chi connectivity index (χ1v) is 8.35. The lowest BCUT2D eigenvalue weighted by atomic mass is 10.1. The van der Waals surface area contributed by atoms with Crippen LogP contribution in [0.2, 0.25) is 5.02 Å². The van der Waals surface area contributed by atoms with Crippen LogP contribution in [0, 0.1) is 0 Å². The second-order valence-electron chi connectivity index (χ2n) is 5.70. The molecule has 0 fully saturated rings. The predicted molar refractivity (Wildman–Crippen MR) is 101 cm³/mol. The number of methoxy groups -OCH3 is 2. The lowest BCUT2D eigenvalue weighted by Crippen LogP contribution is -2.24. The summed E-state index contributed by atoms with van der Waals surface area (Å²) in [6.45, 7) is 1.28. The first-order valence-electron chi connectivity index (χ1n) is 7.97. The van der Waals surface area contributed by atoms with E-state index in [9.17, 15) is 4.79 Å². The minimum Gasteiger partial charge on any atom is -0.493 e.